The molecule has 1 aliphatic heterocycles. The van der Waals surface area contributed by atoms with Crippen LogP contribution in [0.15, 0.2) is 54.6 Å². The van der Waals surface area contributed by atoms with Crippen molar-refractivity contribution in [3.8, 4) is 0 Å². The fourth-order valence-electron chi connectivity index (χ4n) is 5.76. The Kier molecular flexibility index (Phi) is 6.04. The number of hydrogen-bond acceptors (Lipinski definition) is 3. The molecule has 2 aliphatic rings. The molecule has 1 saturated heterocycles. The molecule has 2 aromatic carbocycles. The number of amides is 4. The molecule has 3 unspecified atom stereocenters. The van der Waals surface area contributed by atoms with Gasteiger partial charge in [0, 0.05) is 0 Å². The van der Waals surface area contributed by atoms with E-state index in [4.69, 9.17) is 0 Å². The predicted molar refractivity (Wildman–Crippen MR) is 127 cm³/mol. The van der Waals surface area contributed by atoms with Crippen molar-refractivity contribution in [2.24, 2.45) is 11.3 Å². The molecule has 33 heavy (non-hydrogen) atoms. The molecule has 1 heterocycles. The van der Waals surface area contributed by atoms with E-state index in [0.29, 0.717) is 18.8 Å². The molecule has 1 aliphatic carbocycles. The maximum absolute atomic E-state index is 13.4. The van der Waals surface area contributed by atoms with Crippen molar-refractivity contribution in [2.75, 3.05) is 6.54 Å². The van der Waals surface area contributed by atoms with Crippen molar-refractivity contribution in [2.45, 2.75) is 58.5 Å². The predicted octanol–water partition coefficient (Wildman–Crippen LogP) is 4.34. The zero-order valence-corrected chi connectivity index (χ0v) is 19.9. The molecule has 1 saturated carbocycles. The lowest BCUT2D eigenvalue weighted by Gasteiger charge is -2.43. The average Bonchev–Trinajstić information content (AvgIpc) is 2.95. The lowest BCUT2D eigenvalue weighted by Crippen LogP contribution is -2.54. The molecule has 0 aromatic heterocycles. The number of aryl methyl sites for hydroxylation is 1. The second-order valence-electron chi connectivity index (χ2n) is 10.6. The van der Waals surface area contributed by atoms with Gasteiger partial charge in [0.25, 0.3) is 5.91 Å². The molecule has 6 nitrogen and oxygen atoms in total. The number of nitrogens with one attached hydrogen (secondary N) is 2. The zero-order valence-electron chi connectivity index (χ0n) is 19.9. The minimum Gasteiger partial charge on any atom is -0.344 e. The van der Waals surface area contributed by atoms with Crippen LogP contribution in [0, 0.1) is 18.3 Å². The summed E-state index contributed by atoms with van der Waals surface area (Å²) in [5.41, 5.74) is 2.05. The first-order valence-corrected chi connectivity index (χ1v) is 11.6. The first-order chi connectivity index (χ1) is 15.6. The normalized spacial score (nSPS) is 25.1. The summed E-state index contributed by atoms with van der Waals surface area (Å²) in [6.07, 6.45) is 2.20. The summed E-state index contributed by atoms with van der Waals surface area (Å²) in [5, 5.41) is 5.98. The van der Waals surface area contributed by atoms with Gasteiger partial charge in [-0.3, -0.25) is 14.5 Å². The van der Waals surface area contributed by atoms with Crippen molar-refractivity contribution in [3.05, 3.63) is 71.3 Å². The lowest BCUT2D eigenvalue weighted by molar-refractivity contribution is -0.137. The molecule has 2 fully saturated rings. The second kappa shape index (κ2) is 8.65. The van der Waals surface area contributed by atoms with Crippen LogP contribution >= 0.6 is 0 Å². The van der Waals surface area contributed by atoms with Gasteiger partial charge in [-0.1, -0.05) is 80.9 Å². The summed E-state index contributed by atoms with van der Waals surface area (Å²) in [6.45, 7) is 8.09. The Bertz CT molecular complexity index is 1050. The number of carbonyl (C=O) groups excluding carboxylic acids is 3. The smallest absolute Gasteiger partial charge is 0.325 e. The first-order valence-electron chi connectivity index (χ1n) is 11.6. The van der Waals surface area contributed by atoms with Crippen molar-refractivity contribution in [3.63, 3.8) is 0 Å². The number of imide groups is 1. The van der Waals surface area contributed by atoms with Crippen LogP contribution in [0.5, 0.6) is 0 Å². The molecule has 4 amide bonds. The topological polar surface area (TPSA) is 78.5 Å². The molecule has 174 valence electrons. The molecule has 1 spiro atoms. The van der Waals surface area contributed by atoms with Gasteiger partial charge in [0.05, 0.1) is 6.04 Å². The Hall–Kier alpha value is -3.15. The fraction of sp³-hybridized carbons (Fsp3) is 0.444. The molecular weight excluding hydrogens is 414 g/mol. The van der Waals surface area contributed by atoms with Gasteiger partial charge in [-0.2, -0.15) is 0 Å². The number of benzene rings is 2. The SMILES string of the molecule is Cc1ccc(C(NC(=O)CN2C(=O)NC3(CC(C)CC(C)(C)C3)C2=O)c2ccccc2)cc1. The van der Waals surface area contributed by atoms with E-state index in [2.05, 4.69) is 31.4 Å². The summed E-state index contributed by atoms with van der Waals surface area (Å²) >= 11 is 0. The Morgan fingerprint density at radius 3 is 2.33 bits per heavy atom. The monoisotopic (exact) mass is 447 g/mol. The summed E-state index contributed by atoms with van der Waals surface area (Å²) in [4.78, 5) is 40.4. The van der Waals surface area contributed by atoms with Crippen molar-refractivity contribution in [1.82, 2.24) is 15.5 Å². The summed E-state index contributed by atoms with van der Waals surface area (Å²) in [6, 6.07) is 16.8. The zero-order chi connectivity index (χ0) is 23.8. The summed E-state index contributed by atoms with van der Waals surface area (Å²) < 4.78 is 0. The van der Waals surface area contributed by atoms with Gasteiger partial charge in [-0.15, -0.1) is 0 Å². The molecule has 3 atom stereocenters. The molecule has 0 bridgehead atoms. The highest BCUT2D eigenvalue weighted by Gasteiger charge is 2.56. The van der Waals surface area contributed by atoms with E-state index in [1.54, 1.807) is 0 Å². The highest BCUT2D eigenvalue weighted by molar-refractivity contribution is 6.09. The van der Waals surface area contributed by atoms with Crippen LogP contribution in [0.1, 0.15) is 62.8 Å². The third kappa shape index (κ3) is 4.80. The van der Waals surface area contributed by atoms with Crippen LogP contribution in [0.4, 0.5) is 4.79 Å². The van der Waals surface area contributed by atoms with E-state index in [1.165, 1.54) is 0 Å². The van der Waals surface area contributed by atoms with Gasteiger partial charge in [-0.25, -0.2) is 4.79 Å². The molecular formula is C27H33N3O3. The van der Waals surface area contributed by atoms with Crippen molar-refractivity contribution in [1.29, 1.82) is 0 Å². The fourth-order valence-corrected chi connectivity index (χ4v) is 5.76. The molecule has 4 rings (SSSR count). The Balaban J connectivity index is 1.52. The van der Waals surface area contributed by atoms with Crippen LogP contribution < -0.4 is 10.6 Å². The highest BCUT2D eigenvalue weighted by Crippen LogP contribution is 2.46. The number of urea groups is 1. The standard InChI is InChI=1S/C27H33N3O3/c1-18-10-12-21(13-11-18)23(20-8-6-5-7-9-20)28-22(31)16-30-24(32)27(29-25(30)33)15-19(2)14-26(3,4)17-27/h5-13,19,23H,14-17H2,1-4H3,(H,28,31)(H,29,33). The molecule has 2 N–H and O–H groups in total. The third-order valence-electron chi connectivity index (χ3n) is 6.77. The van der Waals surface area contributed by atoms with Gasteiger partial charge in [-0.05, 0) is 48.6 Å². The van der Waals surface area contributed by atoms with Gasteiger partial charge >= 0.3 is 6.03 Å². The molecule has 0 radical (unpaired) electrons. The maximum Gasteiger partial charge on any atom is 0.325 e. The van der Waals surface area contributed by atoms with Crippen LogP contribution in [0.2, 0.25) is 0 Å². The van der Waals surface area contributed by atoms with Crippen molar-refractivity contribution >= 4 is 17.8 Å². The first kappa shape index (κ1) is 23.0. The lowest BCUT2D eigenvalue weighted by atomic mass is 9.64. The van der Waals surface area contributed by atoms with Gasteiger partial charge in [0.2, 0.25) is 5.91 Å². The van der Waals surface area contributed by atoms with E-state index in [0.717, 1.165) is 28.0 Å². The van der Waals surface area contributed by atoms with Gasteiger partial charge in [0.15, 0.2) is 0 Å². The van der Waals surface area contributed by atoms with Crippen molar-refractivity contribution < 1.29 is 14.4 Å². The quantitative estimate of drug-likeness (QED) is 0.670. The van der Waals surface area contributed by atoms with Crippen LogP contribution in [0.3, 0.4) is 0 Å². The summed E-state index contributed by atoms with van der Waals surface area (Å²) in [5.74, 6) is -0.335. The third-order valence-corrected chi connectivity index (χ3v) is 6.77. The number of carbonyl (C=O) groups is 3. The number of hydrogen-bond donors (Lipinski definition) is 2. The van der Waals surface area contributed by atoms with E-state index in [1.807, 2.05) is 61.5 Å². The Labute approximate surface area is 195 Å². The van der Waals surface area contributed by atoms with E-state index in [-0.39, 0.29) is 29.8 Å². The Morgan fingerprint density at radius 1 is 1.06 bits per heavy atom. The second-order valence-corrected chi connectivity index (χ2v) is 10.6. The van der Waals surface area contributed by atoms with Crippen LogP contribution in [-0.2, 0) is 9.59 Å². The Morgan fingerprint density at radius 2 is 1.70 bits per heavy atom. The van der Waals surface area contributed by atoms with Crippen LogP contribution in [0.25, 0.3) is 0 Å². The molecule has 6 heteroatoms. The average molecular weight is 448 g/mol. The molecule has 2 aromatic rings. The minimum absolute atomic E-state index is 0.0529. The van der Waals surface area contributed by atoms with Gasteiger partial charge < -0.3 is 10.6 Å². The van der Waals surface area contributed by atoms with E-state index >= 15 is 0 Å². The largest absolute Gasteiger partial charge is 0.344 e. The minimum atomic E-state index is -0.908. The van der Waals surface area contributed by atoms with Gasteiger partial charge in [0.1, 0.15) is 12.1 Å². The van der Waals surface area contributed by atoms with E-state index < -0.39 is 11.6 Å². The van der Waals surface area contributed by atoms with E-state index in [9.17, 15) is 14.4 Å². The number of rotatable bonds is 5. The van der Waals surface area contributed by atoms with Crippen LogP contribution in [-0.4, -0.2) is 34.8 Å². The highest BCUT2D eigenvalue weighted by atomic mass is 16.2. The maximum atomic E-state index is 13.4. The number of nitrogens with zero attached hydrogens (tertiary/aromatic N) is 1. The summed E-state index contributed by atoms with van der Waals surface area (Å²) in [7, 11) is 0.